The predicted molar refractivity (Wildman–Crippen MR) is 125 cm³/mol. The third kappa shape index (κ3) is 4.93. The summed E-state index contributed by atoms with van der Waals surface area (Å²) in [5, 5.41) is 11.4. The van der Waals surface area contributed by atoms with E-state index in [0.717, 1.165) is 11.4 Å². The number of carbonyl (C=O) groups excluding carboxylic acids is 1. The zero-order valence-corrected chi connectivity index (χ0v) is 19.0. The van der Waals surface area contributed by atoms with Crippen LogP contribution < -0.4 is 19.7 Å². The molecule has 0 radical (unpaired) electrons. The third-order valence-corrected chi connectivity index (χ3v) is 5.73. The zero-order chi connectivity index (χ0) is 23.4. The highest BCUT2D eigenvalue weighted by Crippen LogP contribution is 2.31. The minimum absolute atomic E-state index is 0.0109. The van der Waals surface area contributed by atoms with Gasteiger partial charge in [-0.2, -0.15) is 0 Å². The average Bonchev–Trinajstić information content (AvgIpc) is 2.86. The van der Waals surface area contributed by atoms with Gasteiger partial charge in [-0.15, -0.1) is 10.2 Å². The molecule has 4 rings (SSSR count). The number of hydrogen-bond donors (Lipinski definition) is 1. The summed E-state index contributed by atoms with van der Waals surface area (Å²) in [5.74, 6) is 1.41. The first-order chi connectivity index (χ1) is 16.0. The number of nitrogens with zero attached hydrogens (tertiary/aromatic N) is 4. The van der Waals surface area contributed by atoms with Gasteiger partial charge in [-0.1, -0.05) is 17.7 Å². The van der Waals surface area contributed by atoms with Crippen molar-refractivity contribution >= 4 is 29.1 Å². The molecule has 1 N–H and O–H groups in total. The lowest BCUT2D eigenvalue weighted by molar-refractivity contribution is 0.208. The molecule has 2 heterocycles. The number of benzene rings is 2. The quantitative estimate of drug-likeness (QED) is 0.597. The molecule has 1 aromatic heterocycles. The van der Waals surface area contributed by atoms with Crippen LogP contribution in [0.4, 0.5) is 20.7 Å². The molecule has 1 aliphatic rings. The SMILES string of the molecule is COc1ccc(-c2ccc(N3CCN(C(=O)Nc4c(F)cccc4Cl)CC3)nn2)cc1OC. The summed E-state index contributed by atoms with van der Waals surface area (Å²) in [6.45, 7) is 2.06. The Bertz CT molecular complexity index is 1120. The fourth-order valence-electron chi connectivity index (χ4n) is 3.59. The highest BCUT2D eigenvalue weighted by molar-refractivity contribution is 6.33. The molecule has 1 aliphatic heterocycles. The Morgan fingerprint density at radius 2 is 1.76 bits per heavy atom. The number of carbonyl (C=O) groups is 1. The number of nitrogens with one attached hydrogen (secondary N) is 1. The monoisotopic (exact) mass is 471 g/mol. The van der Waals surface area contributed by atoms with E-state index in [0.29, 0.717) is 43.4 Å². The Kier molecular flexibility index (Phi) is 6.79. The second kappa shape index (κ2) is 9.91. The summed E-state index contributed by atoms with van der Waals surface area (Å²) >= 11 is 5.99. The van der Waals surface area contributed by atoms with E-state index in [2.05, 4.69) is 15.5 Å². The summed E-state index contributed by atoms with van der Waals surface area (Å²) < 4.78 is 24.6. The Hall–Kier alpha value is -3.59. The summed E-state index contributed by atoms with van der Waals surface area (Å²) in [7, 11) is 3.17. The van der Waals surface area contributed by atoms with Crippen molar-refractivity contribution in [1.29, 1.82) is 0 Å². The van der Waals surface area contributed by atoms with Gasteiger partial charge in [0, 0.05) is 31.7 Å². The average molecular weight is 472 g/mol. The van der Waals surface area contributed by atoms with E-state index in [-0.39, 0.29) is 10.7 Å². The second-order valence-electron chi connectivity index (χ2n) is 7.35. The van der Waals surface area contributed by atoms with Crippen LogP contribution in [0.25, 0.3) is 11.3 Å². The van der Waals surface area contributed by atoms with Crippen LogP contribution in [0.1, 0.15) is 0 Å². The van der Waals surface area contributed by atoms with Crippen LogP contribution in [-0.4, -0.2) is 61.5 Å². The van der Waals surface area contributed by atoms with E-state index < -0.39 is 11.8 Å². The zero-order valence-electron chi connectivity index (χ0n) is 18.2. The normalized spacial score (nSPS) is 13.6. The number of piperazine rings is 1. The Labute approximate surface area is 195 Å². The fraction of sp³-hybridized carbons (Fsp3) is 0.261. The van der Waals surface area contributed by atoms with Gasteiger partial charge in [0.15, 0.2) is 17.3 Å². The lowest BCUT2D eigenvalue weighted by Crippen LogP contribution is -2.50. The molecule has 3 aromatic rings. The number of ether oxygens (including phenoxy) is 2. The van der Waals surface area contributed by atoms with Crippen molar-refractivity contribution in [2.24, 2.45) is 0 Å². The number of amides is 2. The molecule has 0 unspecified atom stereocenters. The van der Waals surface area contributed by atoms with Crippen LogP contribution in [0.15, 0.2) is 48.5 Å². The first kappa shape index (κ1) is 22.6. The van der Waals surface area contributed by atoms with Gasteiger partial charge in [0.2, 0.25) is 0 Å². The molecular formula is C23H23ClFN5O3. The third-order valence-electron chi connectivity index (χ3n) is 5.42. The van der Waals surface area contributed by atoms with Gasteiger partial charge >= 0.3 is 6.03 Å². The number of rotatable bonds is 5. The van der Waals surface area contributed by atoms with Crippen LogP contribution in [-0.2, 0) is 0 Å². The molecule has 8 nitrogen and oxygen atoms in total. The van der Waals surface area contributed by atoms with Crippen LogP contribution in [0.3, 0.4) is 0 Å². The first-order valence-corrected chi connectivity index (χ1v) is 10.7. The maximum absolute atomic E-state index is 13.9. The molecule has 33 heavy (non-hydrogen) atoms. The van der Waals surface area contributed by atoms with E-state index >= 15 is 0 Å². The second-order valence-corrected chi connectivity index (χ2v) is 7.75. The molecule has 0 atom stereocenters. The smallest absolute Gasteiger partial charge is 0.322 e. The van der Waals surface area contributed by atoms with Crippen molar-refractivity contribution in [3.8, 4) is 22.8 Å². The van der Waals surface area contributed by atoms with Crippen molar-refractivity contribution in [1.82, 2.24) is 15.1 Å². The Balaban J connectivity index is 1.38. The van der Waals surface area contributed by atoms with Gasteiger partial charge in [0.1, 0.15) is 5.82 Å². The molecule has 0 aliphatic carbocycles. The summed E-state index contributed by atoms with van der Waals surface area (Å²) in [6.07, 6.45) is 0. The standard InChI is InChI=1S/C23H23ClFN5O3/c1-32-19-8-6-15(14-20(19)33-2)18-7-9-21(28-27-18)29-10-12-30(13-11-29)23(31)26-22-16(24)4-3-5-17(22)25/h3-9,14H,10-13H2,1-2H3,(H,26,31). The van der Waals surface area contributed by atoms with Crippen molar-refractivity contribution in [3.05, 3.63) is 59.4 Å². The molecule has 0 saturated carbocycles. The molecule has 0 bridgehead atoms. The van der Waals surface area contributed by atoms with Crippen molar-refractivity contribution in [3.63, 3.8) is 0 Å². The Morgan fingerprint density at radius 1 is 1.00 bits per heavy atom. The van der Waals surface area contributed by atoms with Gasteiger partial charge in [-0.05, 0) is 42.5 Å². The molecule has 1 saturated heterocycles. The van der Waals surface area contributed by atoms with Crippen LogP contribution in [0, 0.1) is 5.82 Å². The minimum atomic E-state index is -0.570. The number of halogens is 2. The lowest BCUT2D eigenvalue weighted by Gasteiger charge is -2.35. The molecule has 0 spiro atoms. The first-order valence-electron chi connectivity index (χ1n) is 10.3. The topological polar surface area (TPSA) is 79.8 Å². The number of aromatic nitrogens is 2. The van der Waals surface area contributed by atoms with E-state index in [9.17, 15) is 9.18 Å². The van der Waals surface area contributed by atoms with Gasteiger partial charge in [0.05, 0.1) is 30.6 Å². The van der Waals surface area contributed by atoms with Crippen molar-refractivity contribution < 1.29 is 18.7 Å². The van der Waals surface area contributed by atoms with E-state index in [1.165, 1.54) is 18.2 Å². The van der Waals surface area contributed by atoms with Crippen LogP contribution in [0.5, 0.6) is 11.5 Å². The van der Waals surface area contributed by atoms with Gasteiger partial charge in [0.25, 0.3) is 0 Å². The van der Waals surface area contributed by atoms with Gasteiger partial charge < -0.3 is 24.6 Å². The molecule has 10 heteroatoms. The molecule has 2 amide bonds. The summed E-state index contributed by atoms with van der Waals surface area (Å²) in [5.41, 5.74) is 1.56. The van der Waals surface area contributed by atoms with Gasteiger partial charge in [-0.25, -0.2) is 9.18 Å². The maximum Gasteiger partial charge on any atom is 0.322 e. The molecular weight excluding hydrogens is 449 g/mol. The lowest BCUT2D eigenvalue weighted by atomic mass is 10.1. The van der Waals surface area contributed by atoms with Gasteiger partial charge in [-0.3, -0.25) is 0 Å². The van der Waals surface area contributed by atoms with Crippen molar-refractivity contribution in [2.45, 2.75) is 0 Å². The number of urea groups is 1. The minimum Gasteiger partial charge on any atom is -0.493 e. The number of methoxy groups -OCH3 is 2. The van der Waals surface area contributed by atoms with E-state index in [1.807, 2.05) is 35.2 Å². The predicted octanol–water partition coefficient (Wildman–Crippen LogP) is 4.31. The van der Waals surface area contributed by atoms with E-state index in [4.69, 9.17) is 21.1 Å². The molecule has 1 fully saturated rings. The molecule has 172 valence electrons. The number of hydrogen-bond acceptors (Lipinski definition) is 6. The Morgan fingerprint density at radius 3 is 2.39 bits per heavy atom. The van der Waals surface area contributed by atoms with E-state index in [1.54, 1.807) is 19.1 Å². The van der Waals surface area contributed by atoms with Crippen LogP contribution in [0.2, 0.25) is 5.02 Å². The largest absolute Gasteiger partial charge is 0.493 e. The van der Waals surface area contributed by atoms with Crippen molar-refractivity contribution in [2.75, 3.05) is 50.6 Å². The fourth-order valence-corrected chi connectivity index (χ4v) is 3.80. The molecule has 2 aromatic carbocycles. The summed E-state index contributed by atoms with van der Waals surface area (Å²) in [6, 6.07) is 13.2. The highest BCUT2D eigenvalue weighted by atomic mass is 35.5. The number of para-hydroxylation sites is 1. The maximum atomic E-state index is 13.9. The number of anilines is 2. The highest BCUT2D eigenvalue weighted by Gasteiger charge is 2.23. The van der Waals surface area contributed by atoms with Crippen LogP contribution >= 0.6 is 11.6 Å². The summed E-state index contributed by atoms with van der Waals surface area (Å²) in [4.78, 5) is 16.2.